The summed E-state index contributed by atoms with van der Waals surface area (Å²) >= 11 is 0. The Morgan fingerprint density at radius 2 is 0.548 bits per heavy atom. The largest absolute Gasteiger partial charge is 0.389 e. The van der Waals surface area contributed by atoms with E-state index in [4.69, 9.17) is 23.7 Å². The van der Waals surface area contributed by atoms with Gasteiger partial charge in [-0.1, -0.05) is 0 Å². The molecule has 0 fully saturated rings. The highest BCUT2D eigenvalue weighted by Crippen LogP contribution is 2.04. The maximum absolute atomic E-state index is 10.6. The van der Waals surface area contributed by atoms with Crippen LogP contribution in [0.2, 0.25) is 0 Å². The monoisotopic (exact) mass is 613 g/mol. The molecule has 5 unspecified atom stereocenters. The number of hydrogen-bond acceptors (Lipinski definition) is 13. The summed E-state index contributed by atoms with van der Waals surface area (Å²) in [5, 5.41) is 52.6. The standard InChI is InChI=1S/C29H63N3O10/c1-6-38-20-25(33)15-30(11-13-31(16-26(34)21-39-7-2)17-27(35)22-40-8-3)12-14-32(18-28(36)23-41-9-4)19-29(37)24-42-10-5/h25-29,33-37H,6-24H2,1-5H3. The number of ether oxygens (including phenoxy) is 5. The van der Waals surface area contributed by atoms with Crippen molar-refractivity contribution in [3.05, 3.63) is 0 Å². The van der Waals surface area contributed by atoms with Gasteiger partial charge in [-0.25, -0.2) is 0 Å². The lowest BCUT2D eigenvalue weighted by Crippen LogP contribution is -2.48. The van der Waals surface area contributed by atoms with Gasteiger partial charge in [-0.15, -0.1) is 0 Å². The quantitative estimate of drug-likeness (QED) is 0.0641. The van der Waals surface area contributed by atoms with Crippen molar-refractivity contribution in [1.82, 2.24) is 14.7 Å². The summed E-state index contributed by atoms with van der Waals surface area (Å²) in [5.41, 5.74) is 0. The smallest absolute Gasteiger partial charge is 0.0900 e. The van der Waals surface area contributed by atoms with Crippen molar-refractivity contribution in [3.63, 3.8) is 0 Å². The lowest BCUT2D eigenvalue weighted by atomic mass is 10.2. The first-order valence-corrected chi connectivity index (χ1v) is 15.6. The lowest BCUT2D eigenvalue weighted by molar-refractivity contribution is -0.0173. The van der Waals surface area contributed by atoms with Gasteiger partial charge in [0.2, 0.25) is 0 Å². The Kier molecular flexibility index (Phi) is 27.6. The summed E-state index contributed by atoms with van der Waals surface area (Å²) in [7, 11) is 0. The Morgan fingerprint density at radius 3 is 0.762 bits per heavy atom. The van der Waals surface area contributed by atoms with Crippen LogP contribution >= 0.6 is 0 Å². The molecule has 0 aliphatic rings. The van der Waals surface area contributed by atoms with Crippen molar-refractivity contribution in [2.75, 3.05) is 125 Å². The van der Waals surface area contributed by atoms with Crippen LogP contribution in [-0.2, 0) is 23.7 Å². The van der Waals surface area contributed by atoms with Crippen LogP contribution in [0.25, 0.3) is 0 Å². The van der Waals surface area contributed by atoms with Crippen molar-refractivity contribution in [3.8, 4) is 0 Å². The Bertz CT molecular complexity index is 512. The molecule has 0 heterocycles. The molecule has 254 valence electrons. The molecule has 0 radical (unpaired) electrons. The van der Waals surface area contributed by atoms with Crippen LogP contribution in [0.3, 0.4) is 0 Å². The molecular weight excluding hydrogens is 550 g/mol. The molecule has 0 saturated carbocycles. The van der Waals surface area contributed by atoms with Gasteiger partial charge < -0.3 is 49.2 Å². The van der Waals surface area contributed by atoms with E-state index in [1.165, 1.54) is 0 Å². The number of aliphatic hydroxyl groups excluding tert-OH is 5. The SMILES string of the molecule is CCOCC(O)CN(CCN(CC(O)COCC)CC(O)COCC)CCN(CC(O)COCC)CC(O)COCC. The molecule has 0 aromatic rings. The minimum Gasteiger partial charge on any atom is -0.389 e. The van der Waals surface area contributed by atoms with Gasteiger partial charge in [0.25, 0.3) is 0 Å². The van der Waals surface area contributed by atoms with E-state index in [0.717, 1.165) is 0 Å². The van der Waals surface area contributed by atoms with Crippen LogP contribution in [0.4, 0.5) is 0 Å². The van der Waals surface area contributed by atoms with Gasteiger partial charge in [-0.2, -0.15) is 0 Å². The zero-order valence-electron chi connectivity index (χ0n) is 26.9. The molecule has 0 aromatic heterocycles. The van der Waals surface area contributed by atoms with E-state index < -0.39 is 30.5 Å². The summed E-state index contributed by atoms with van der Waals surface area (Å²) in [5.74, 6) is 0. The maximum Gasteiger partial charge on any atom is 0.0900 e. The Morgan fingerprint density at radius 1 is 0.357 bits per heavy atom. The summed E-state index contributed by atoms with van der Waals surface area (Å²) in [6.07, 6.45) is -3.55. The molecule has 0 bridgehead atoms. The van der Waals surface area contributed by atoms with Crippen LogP contribution in [0.5, 0.6) is 0 Å². The molecular formula is C29H63N3O10. The second-order valence-corrected chi connectivity index (χ2v) is 10.4. The van der Waals surface area contributed by atoms with E-state index in [2.05, 4.69) is 4.90 Å². The second-order valence-electron chi connectivity index (χ2n) is 10.4. The van der Waals surface area contributed by atoms with Gasteiger partial charge in [0, 0.05) is 91.9 Å². The number of nitrogens with zero attached hydrogens (tertiary/aromatic N) is 3. The van der Waals surface area contributed by atoms with Crippen LogP contribution in [-0.4, -0.2) is 196 Å². The fourth-order valence-electron chi connectivity index (χ4n) is 4.40. The third kappa shape index (κ3) is 23.9. The summed E-state index contributed by atoms with van der Waals surface area (Å²) in [6, 6.07) is 0. The van der Waals surface area contributed by atoms with Gasteiger partial charge in [0.05, 0.1) is 63.6 Å². The van der Waals surface area contributed by atoms with Gasteiger partial charge in [0.15, 0.2) is 0 Å². The fourth-order valence-corrected chi connectivity index (χ4v) is 4.40. The molecule has 0 rings (SSSR count). The second kappa shape index (κ2) is 28.0. The van der Waals surface area contributed by atoms with E-state index in [9.17, 15) is 25.5 Å². The minimum atomic E-state index is -0.713. The molecule has 13 nitrogen and oxygen atoms in total. The third-order valence-electron chi connectivity index (χ3n) is 6.38. The van der Waals surface area contributed by atoms with Crippen molar-refractivity contribution in [2.45, 2.75) is 65.1 Å². The number of aliphatic hydroxyl groups is 5. The van der Waals surface area contributed by atoms with Crippen LogP contribution in [0, 0.1) is 0 Å². The zero-order chi connectivity index (χ0) is 31.6. The van der Waals surface area contributed by atoms with Gasteiger partial charge in [-0.3, -0.25) is 14.7 Å². The number of rotatable bonds is 31. The fraction of sp³-hybridized carbons (Fsp3) is 1.00. The highest BCUT2D eigenvalue weighted by atomic mass is 16.5. The summed E-state index contributed by atoms with van der Waals surface area (Å²) in [4.78, 5) is 6.05. The van der Waals surface area contributed by atoms with E-state index in [1.807, 2.05) is 44.4 Å². The first-order chi connectivity index (χ1) is 20.2. The van der Waals surface area contributed by atoms with Crippen LogP contribution in [0.1, 0.15) is 34.6 Å². The normalized spacial score (nSPS) is 15.9. The molecule has 42 heavy (non-hydrogen) atoms. The van der Waals surface area contributed by atoms with Crippen LogP contribution < -0.4 is 0 Å². The number of hydrogen-bond donors (Lipinski definition) is 5. The predicted molar refractivity (Wildman–Crippen MR) is 162 cm³/mol. The first kappa shape index (κ1) is 41.5. The first-order valence-electron chi connectivity index (χ1n) is 15.6. The molecule has 0 aliphatic carbocycles. The van der Waals surface area contributed by atoms with E-state index in [1.54, 1.807) is 0 Å². The van der Waals surface area contributed by atoms with E-state index in [0.29, 0.717) is 91.9 Å². The van der Waals surface area contributed by atoms with Crippen molar-refractivity contribution in [1.29, 1.82) is 0 Å². The molecule has 0 aromatic carbocycles. The highest BCUT2D eigenvalue weighted by Gasteiger charge is 2.21. The van der Waals surface area contributed by atoms with Crippen LogP contribution in [0.15, 0.2) is 0 Å². The summed E-state index contributed by atoms with van der Waals surface area (Å²) in [6.45, 7) is 16.7. The molecule has 5 N–H and O–H groups in total. The average Bonchev–Trinajstić information content (AvgIpc) is 2.96. The van der Waals surface area contributed by atoms with Gasteiger partial charge in [0.1, 0.15) is 0 Å². The zero-order valence-corrected chi connectivity index (χ0v) is 26.9. The van der Waals surface area contributed by atoms with E-state index >= 15 is 0 Å². The maximum atomic E-state index is 10.6. The van der Waals surface area contributed by atoms with Crippen molar-refractivity contribution in [2.24, 2.45) is 0 Å². The third-order valence-corrected chi connectivity index (χ3v) is 6.38. The molecule has 0 spiro atoms. The minimum absolute atomic E-state index is 0.203. The molecule has 0 aliphatic heterocycles. The molecule has 0 amide bonds. The Labute approximate surface area is 254 Å². The molecule has 5 atom stereocenters. The predicted octanol–water partition coefficient (Wildman–Crippen LogP) is -1.12. The lowest BCUT2D eigenvalue weighted by Gasteiger charge is -2.33. The van der Waals surface area contributed by atoms with Gasteiger partial charge in [-0.05, 0) is 34.6 Å². The average molecular weight is 614 g/mol. The topological polar surface area (TPSA) is 157 Å². The van der Waals surface area contributed by atoms with Gasteiger partial charge >= 0.3 is 0 Å². The molecule has 0 saturated heterocycles. The Hall–Kier alpha value is -0.520. The molecule has 13 heteroatoms. The van der Waals surface area contributed by atoms with Crippen molar-refractivity contribution < 1.29 is 49.2 Å². The highest BCUT2D eigenvalue weighted by molar-refractivity contribution is 4.75. The van der Waals surface area contributed by atoms with E-state index in [-0.39, 0.29) is 33.0 Å². The Balaban J connectivity index is 5.51. The van der Waals surface area contributed by atoms with Crippen molar-refractivity contribution >= 4 is 0 Å². The summed E-state index contributed by atoms with van der Waals surface area (Å²) < 4.78 is 26.9.